The molecule has 6 nitrogen and oxygen atoms in total. The fourth-order valence-corrected chi connectivity index (χ4v) is 3.67. The normalized spacial score (nSPS) is 22.4. The summed E-state index contributed by atoms with van der Waals surface area (Å²) in [5.74, 6) is 1.08. The summed E-state index contributed by atoms with van der Waals surface area (Å²) in [6.07, 6.45) is 3.09. The van der Waals surface area contributed by atoms with Gasteiger partial charge >= 0.3 is 5.97 Å². The minimum atomic E-state index is -1.01. The minimum Gasteiger partial charge on any atom is -0.457 e. The van der Waals surface area contributed by atoms with E-state index in [9.17, 15) is 10.1 Å². The van der Waals surface area contributed by atoms with E-state index in [1.54, 1.807) is 30.5 Å². The molecule has 0 radical (unpaired) electrons. The quantitative estimate of drug-likeness (QED) is 0.315. The van der Waals surface area contributed by atoms with Crippen LogP contribution >= 0.6 is 0 Å². The second kappa shape index (κ2) is 8.81. The number of hydrogen-bond acceptors (Lipinski definition) is 6. The average molecular weight is 418 g/mol. The molecule has 0 aliphatic heterocycles. The van der Waals surface area contributed by atoms with Gasteiger partial charge in [0.05, 0.1) is 5.92 Å². The molecule has 6 heteroatoms. The van der Waals surface area contributed by atoms with Gasteiger partial charge in [0.2, 0.25) is 6.10 Å². The van der Waals surface area contributed by atoms with Crippen LogP contribution in [0, 0.1) is 34.5 Å². The molecule has 2 saturated carbocycles. The predicted molar refractivity (Wildman–Crippen MR) is 115 cm³/mol. The van der Waals surface area contributed by atoms with Gasteiger partial charge in [0.25, 0.3) is 0 Å². The molecule has 160 valence electrons. The van der Waals surface area contributed by atoms with Crippen molar-refractivity contribution in [3.05, 3.63) is 60.2 Å². The van der Waals surface area contributed by atoms with Gasteiger partial charge in [-0.1, -0.05) is 49.3 Å². The summed E-state index contributed by atoms with van der Waals surface area (Å²) in [5, 5.41) is 13.7. The van der Waals surface area contributed by atoms with Gasteiger partial charge in [-0.2, -0.15) is 5.26 Å². The van der Waals surface area contributed by atoms with Gasteiger partial charge in [0.1, 0.15) is 24.2 Å². The largest absolute Gasteiger partial charge is 0.457 e. The first-order valence-corrected chi connectivity index (χ1v) is 10.6. The first-order valence-electron chi connectivity index (χ1n) is 10.6. The van der Waals surface area contributed by atoms with Gasteiger partial charge in [-0.05, 0) is 48.4 Å². The molecule has 0 heterocycles. The number of benzene rings is 2. The van der Waals surface area contributed by atoms with E-state index >= 15 is 0 Å². The third kappa shape index (κ3) is 5.05. The minimum absolute atomic E-state index is 0.0636. The van der Waals surface area contributed by atoms with Gasteiger partial charge in [-0.15, -0.1) is 0 Å². The van der Waals surface area contributed by atoms with Crippen LogP contribution in [0.1, 0.15) is 38.4 Å². The number of ether oxygens (including phenoxy) is 2. The Morgan fingerprint density at radius 1 is 1.19 bits per heavy atom. The molecule has 2 aromatic carbocycles. The molecular formula is C25H26N2O4. The van der Waals surface area contributed by atoms with Crippen molar-refractivity contribution in [1.82, 2.24) is 0 Å². The van der Waals surface area contributed by atoms with Crippen molar-refractivity contribution < 1.29 is 19.1 Å². The first kappa shape index (κ1) is 20.9. The molecule has 0 N–H and O–H groups in total. The number of rotatable bonds is 9. The molecule has 0 aromatic heterocycles. The number of para-hydroxylation sites is 1. The molecule has 2 aliphatic carbocycles. The lowest BCUT2D eigenvalue weighted by molar-refractivity contribution is -0.149. The highest BCUT2D eigenvalue weighted by molar-refractivity contribution is 5.85. The van der Waals surface area contributed by atoms with Gasteiger partial charge in [0.15, 0.2) is 0 Å². The smallest absolute Gasteiger partial charge is 0.311 e. The van der Waals surface area contributed by atoms with Gasteiger partial charge in [-0.3, -0.25) is 4.79 Å². The van der Waals surface area contributed by atoms with Crippen molar-refractivity contribution in [1.29, 1.82) is 5.26 Å². The van der Waals surface area contributed by atoms with Crippen LogP contribution in [0.2, 0.25) is 0 Å². The SMILES string of the molecule is CC1(C)C(C=NOCC2CC2)C1C(=O)OC(C#N)c1cccc(Oc2ccccc2)c1. The standard InChI is InChI=1S/C25H26N2O4/c1-25(2)21(15-27-29-16-17-11-12-17)23(25)24(28)31-22(14-26)18-7-6-10-20(13-18)30-19-8-4-3-5-9-19/h3-10,13,15,17,21-23H,11-12,16H2,1-2H3. The average Bonchev–Trinajstić information content (AvgIpc) is 3.67. The Labute approximate surface area is 182 Å². The Bertz CT molecular complexity index is 992. The number of nitriles is 1. The highest BCUT2D eigenvalue weighted by Crippen LogP contribution is 2.58. The lowest BCUT2D eigenvalue weighted by atomic mass is 10.1. The molecule has 0 amide bonds. The summed E-state index contributed by atoms with van der Waals surface area (Å²) in [4.78, 5) is 18.1. The Balaban J connectivity index is 1.37. The molecule has 31 heavy (non-hydrogen) atoms. The van der Waals surface area contributed by atoms with E-state index in [1.807, 2.05) is 44.2 Å². The summed E-state index contributed by atoms with van der Waals surface area (Å²) in [6.45, 7) is 4.62. The van der Waals surface area contributed by atoms with Crippen LogP contribution < -0.4 is 4.74 Å². The lowest BCUT2D eigenvalue weighted by Crippen LogP contribution is -2.14. The summed E-state index contributed by atoms with van der Waals surface area (Å²) >= 11 is 0. The summed E-state index contributed by atoms with van der Waals surface area (Å²) < 4.78 is 11.4. The van der Waals surface area contributed by atoms with Crippen LogP contribution in [0.15, 0.2) is 59.8 Å². The fraction of sp³-hybridized carbons (Fsp3) is 0.400. The summed E-state index contributed by atoms with van der Waals surface area (Å²) in [5.41, 5.74) is 0.294. The molecular weight excluding hydrogens is 392 g/mol. The number of esters is 1. The zero-order chi connectivity index (χ0) is 21.8. The molecule has 2 fully saturated rings. The molecule has 3 atom stereocenters. The summed E-state index contributed by atoms with van der Waals surface area (Å²) in [7, 11) is 0. The van der Waals surface area contributed by atoms with Crippen molar-refractivity contribution >= 4 is 12.2 Å². The van der Waals surface area contributed by atoms with Gasteiger partial charge in [0, 0.05) is 17.7 Å². The predicted octanol–water partition coefficient (Wildman–Crippen LogP) is 5.27. The fourth-order valence-electron chi connectivity index (χ4n) is 3.67. The second-order valence-corrected chi connectivity index (χ2v) is 8.75. The van der Waals surface area contributed by atoms with E-state index in [1.165, 1.54) is 12.8 Å². The van der Waals surface area contributed by atoms with Crippen molar-refractivity contribution in [2.45, 2.75) is 32.8 Å². The molecule has 2 aliphatic rings. The van der Waals surface area contributed by atoms with E-state index in [-0.39, 0.29) is 17.3 Å². The van der Waals surface area contributed by atoms with Crippen LogP contribution in [0.4, 0.5) is 0 Å². The zero-order valence-corrected chi connectivity index (χ0v) is 17.7. The highest BCUT2D eigenvalue weighted by Gasteiger charge is 2.62. The number of hydrogen-bond donors (Lipinski definition) is 0. The topological polar surface area (TPSA) is 80.9 Å². The van der Waals surface area contributed by atoms with Crippen molar-refractivity contribution in [2.75, 3.05) is 6.61 Å². The maximum Gasteiger partial charge on any atom is 0.311 e. The van der Waals surface area contributed by atoms with Crippen LogP contribution in [0.5, 0.6) is 11.5 Å². The Morgan fingerprint density at radius 3 is 2.65 bits per heavy atom. The maximum absolute atomic E-state index is 12.8. The van der Waals surface area contributed by atoms with Crippen molar-refractivity contribution in [3.63, 3.8) is 0 Å². The van der Waals surface area contributed by atoms with Crippen LogP contribution in [0.3, 0.4) is 0 Å². The number of carbonyl (C=O) groups is 1. The third-order valence-corrected chi connectivity index (χ3v) is 5.96. The summed E-state index contributed by atoms with van der Waals surface area (Å²) in [6, 6.07) is 18.5. The Morgan fingerprint density at radius 2 is 1.94 bits per heavy atom. The first-order chi connectivity index (χ1) is 15.0. The van der Waals surface area contributed by atoms with Crippen molar-refractivity contribution in [2.24, 2.45) is 28.3 Å². The third-order valence-electron chi connectivity index (χ3n) is 5.96. The molecule has 3 unspecified atom stereocenters. The molecule has 0 spiro atoms. The zero-order valence-electron chi connectivity index (χ0n) is 17.7. The molecule has 0 saturated heterocycles. The highest BCUT2D eigenvalue weighted by atomic mass is 16.6. The maximum atomic E-state index is 12.8. The van der Waals surface area contributed by atoms with E-state index in [4.69, 9.17) is 14.3 Å². The molecule has 0 bridgehead atoms. The number of carbonyl (C=O) groups excluding carboxylic acids is 1. The molecule has 2 aromatic rings. The number of oxime groups is 1. The lowest BCUT2D eigenvalue weighted by Gasteiger charge is -2.13. The van der Waals surface area contributed by atoms with Gasteiger partial charge < -0.3 is 14.3 Å². The second-order valence-electron chi connectivity index (χ2n) is 8.75. The van der Waals surface area contributed by atoms with E-state index in [0.29, 0.717) is 29.6 Å². The van der Waals surface area contributed by atoms with Gasteiger partial charge in [-0.25, -0.2) is 0 Å². The van der Waals surface area contributed by atoms with E-state index in [0.717, 1.165) is 0 Å². The van der Waals surface area contributed by atoms with Crippen LogP contribution in [-0.4, -0.2) is 18.8 Å². The monoisotopic (exact) mass is 418 g/mol. The Hall–Kier alpha value is -3.33. The van der Waals surface area contributed by atoms with Crippen LogP contribution in [-0.2, 0) is 14.4 Å². The Kier molecular flexibility index (Phi) is 5.94. The van der Waals surface area contributed by atoms with E-state index in [2.05, 4.69) is 11.2 Å². The van der Waals surface area contributed by atoms with E-state index < -0.39 is 12.1 Å². The molecule has 4 rings (SSSR count). The van der Waals surface area contributed by atoms with Crippen molar-refractivity contribution in [3.8, 4) is 17.6 Å². The van der Waals surface area contributed by atoms with Crippen LogP contribution in [0.25, 0.3) is 0 Å². The number of nitrogens with zero attached hydrogens (tertiary/aromatic N) is 2.